The van der Waals surface area contributed by atoms with Crippen LogP contribution in [0.4, 0.5) is 13.2 Å². The third-order valence-corrected chi connectivity index (χ3v) is 5.68. The molecule has 1 unspecified atom stereocenters. The van der Waals surface area contributed by atoms with Crippen LogP contribution >= 0.6 is 0 Å². The van der Waals surface area contributed by atoms with Crippen LogP contribution in [0.25, 0.3) is 0 Å². The van der Waals surface area contributed by atoms with Crippen LogP contribution < -0.4 is 15.4 Å². The molecular weight excluding hydrogens is 403 g/mol. The number of rotatable bonds is 6. The molecule has 0 saturated heterocycles. The zero-order chi connectivity index (χ0) is 22.5. The Bertz CT molecular complexity index is 736. The van der Waals surface area contributed by atoms with Gasteiger partial charge >= 0.3 is 6.18 Å². The van der Waals surface area contributed by atoms with Gasteiger partial charge in [0.05, 0.1) is 5.56 Å². The van der Waals surface area contributed by atoms with Crippen molar-refractivity contribution < 1.29 is 22.1 Å². The van der Waals surface area contributed by atoms with E-state index in [4.69, 9.17) is 4.74 Å². The molecule has 0 aliphatic carbocycles. The molecule has 0 bridgehead atoms. The van der Waals surface area contributed by atoms with Crippen molar-refractivity contribution in [3.05, 3.63) is 29.3 Å². The van der Waals surface area contributed by atoms with Crippen molar-refractivity contribution in [3.63, 3.8) is 0 Å². The van der Waals surface area contributed by atoms with Gasteiger partial charge < -0.3 is 15.4 Å². The highest BCUT2D eigenvalue weighted by Gasteiger charge is 2.34. The van der Waals surface area contributed by atoms with Crippen LogP contribution in [0.3, 0.4) is 0 Å². The summed E-state index contributed by atoms with van der Waals surface area (Å²) in [6.45, 7) is 11.3. The summed E-state index contributed by atoms with van der Waals surface area (Å²) in [5.74, 6) is 0.927. The van der Waals surface area contributed by atoms with Gasteiger partial charge in [-0.05, 0) is 59.2 Å². The zero-order valence-corrected chi connectivity index (χ0v) is 19.0. The summed E-state index contributed by atoms with van der Waals surface area (Å²) in [5, 5.41) is 5.86. The molecule has 5 nitrogen and oxygen atoms in total. The summed E-state index contributed by atoms with van der Waals surface area (Å²) in [4.78, 5) is 4.01. The smallest absolute Gasteiger partial charge is 0.416 e. The molecule has 0 aliphatic heterocycles. The fourth-order valence-electron chi connectivity index (χ4n) is 2.36. The van der Waals surface area contributed by atoms with Crippen molar-refractivity contribution in [1.29, 1.82) is 0 Å². The van der Waals surface area contributed by atoms with Crippen LogP contribution in [0.2, 0.25) is 0 Å². The number of guanidine groups is 1. The van der Waals surface area contributed by atoms with Gasteiger partial charge in [-0.25, -0.2) is 0 Å². The van der Waals surface area contributed by atoms with Crippen LogP contribution in [-0.4, -0.2) is 39.9 Å². The second kappa shape index (κ2) is 9.82. The molecule has 1 atom stereocenters. The number of aliphatic imine (C=N–C) groups is 1. The molecule has 9 heteroatoms. The van der Waals surface area contributed by atoms with Gasteiger partial charge in [0.1, 0.15) is 11.4 Å². The molecule has 1 aromatic rings. The number of alkyl halides is 3. The van der Waals surface area contributed by atoms with Crippen LogP contribution in [0.1, 0.15) is 52.7 Å². The Labute approximate surface area is 174 Å². The third-order valence-electron chi connectivity index (χ3n) is 3.74. The van der Waals surface area contributed by atoms with E-state index in [0.29, 0.717) is 18.3 Å². The summed E-state index contributed by atoms with van der Waals surface area (Å²) in [6, 6.07) is 3.95. The zero-order valence-electron chi connectivity index (χ0n) is 18.2. The first-order valence-corrected chi connectivity index (χ1v) is 10.7. The summed E-state index contributed by atoms with van der Waals surface area (Å²) in [5.41, 5.74) is -1.27. The lowest BCUT2D eigenvalue weighted by Gasteiger charge is -2.23. The Morgan fingerprint density at radius 2 is 1.72 bits per heavy atom. The number of hydrogen-bond acceptors (Lipinski definition) is 3. The number of nitrogens with zero attached hydrogens (tertiary/aromatic N) is 1. The van der Waals surface area contributed by atoms with Crippen molar-refractivity contribution in [3.8, 4) is 5.75 Å². The van der Waals surface area contributed by atoms with E-state index in [-0.39, 0.29) is 22.6 Å². The van der Waals surface area contributed by atoms with Gasteiger partial charge in [-0.3, -0.25) is 9.20 Å². The summed E-state index contributed by atoms with van der Waals surface area (Å²) in [7, 11) is 0.499. The summed E-state index contributed by atoms with van der Waals surface area (Å²) < 4.78 is 57.8. The second-order valence-corrected chi connectivity index (χ2v) is 10.9. The Morgan fingerprint density at radius 1 is 1.10 bits per heavy atom. The average Bonchev–Trinajstić information content (AvgIpc) is 2.55. The van der Waals surface area contributed by atoms with Gasteiger partial charge in [0.2, 0.25) is 0 Å². The molecule has 0 aliphatic rings. The minimum atomic E-state index is -4.51. The quantitative estimate of drug-likeness (QED) is 0.522. The highest BCUT2D eigenvalue weighted by atomic mass is 32.2. The highest BCUT2D eigenvalue weighted by molar-refractivity contribution is 7.86. The van der Waals surface area contributed by atoms with Gasteiger partial charge in [-0.2, -0.15) is 13.2 Å². The maximum absolute atomic E-state index is 13.5. The first-order valence-electron chi connectivity index (χ1n) is 9.35. The highest BCUT2D eigenvalue weighted by Crippen LogP contribution is 2.35. The number of nitrogens with one attached hydrogen (secondary N) is 2. The molecule has 1 rings (SSSR count). The van der Waals surface area contributed by atoms with E-state index in [0.717, 1.165) is 6.07 Å². The molecule has 0 amide bonds. The Hall–Kier alpha value is -1.77. The van der Waals surface area contributed by atoms with E-state index >= 15 is 0 Å². The molecule has 29 heavy (non-hydrogen) atoms. The predicted octanol–water partition coefficient (Wildman–Crippen LogP) is 4.09. The number of benzene rings is 1. The van der Waals surface area contributed by atoms with Crippen LogP contribution in [0.15, 0.2) is 23.2 Å². The lowest BCUT2D eigenvalue weighted by Crippen LogP contribution is -2.40. The molecule has 1 aromatic carbocycles. The molecule has 0 radical (unpaired) electrons. The minimum Gasteiger partial charge on any atom is -0.488 e. The standard InChI is InChI=1S/C20H32F3N3O2S/c1-18(2,3)28-15-9-8-14(16(12-15)20(21,22)23)13-26-17(24-7)25-10-11-29(27)19(4,5)6/h8-9,12H,10-11,13H2,1-7H3,(H2,24,25,26). The summed E-state index contributed by atoms with van der Waals surface area (Å²) in [6.07, 6.45) is -4.51. The van der Waals surface area contributed by atoms with Gasteiger partial charge in [0.15, 0.2) is 5.96 Å². The normalized spacial score (nSPS) is 14.5. The van der Waals surface area contributed by atoms with Crippen LogP contribution in [0, 0.1) is 0 Å². The minimum absolute atomic E-state index is 0.0628. The first kappa shape index (κ1) is 25.3. The molecule has 0 spiro atoms. The lowest BCUT2D eigenvalue weighted by molar-refractivity contribution is -0.138. The number of ether oxygens (including phenoxy) is 1. The fourth-order valence-corrected chi connectivity index (χ4v) is 3.26. The molecular formula is C20H32F3N3O2S. The van der Waals surface area contributed by atoms with Crippen molar-refractivity contribution in [2.45, 2.75) is 64.6 Å². The number of halogens is 3. The van der Waals surface area contributed by atoms with Gasteiger partial charge in [0.25, 0.3) is 0 Å². The van der Waals surface area contributed by atoms with E-state index in [1.54, 1.807) is 20.8 Å². The Kier molecular flexibility index (Phi) is 8.56. The van der Waals surface area contributed by atoms with Crippen molar-refractivity contribution in [2.24, 2.45) is 4.99 Å². The van der Waals surface area contributed by atoms with Crippen LogP contribution in [0.5, 0.6) is 5.75 Å². The molecule has 0 saturated carbocycles. The van der Waals surface area contributed by atoms with E-state index in [1.165, 1.54) is 19.2 Å². The molecule has 0 heterocycles. The topological polar surface area (TPSA) is 62.7 Å². The fraction of sp³-hybridized carbons (Fsp3) is 0.650. The van der Waals surface area contributed by atoms with Crippen molar-refractivity contribution >= 4 is 16.8 Å². The summed E-state index contributed by atoms with van der Waals surface area (Å²) >= 11 is 0. The molecule has 2 N–H and O–H groups in total. The van der Waals surface area contributed by atoms with E-state index in [1.807, 2.05) is 20.8 Å². The maximum atomic E-state index is 13.5. The Balaban J connectivity index is 2.82. The van der Waals surface area contributed by atoms with Crippen molar-refractivity contribution in [1.82, 2.24) is 10.6 Å². The second-order valence-electron chi connectivity index (χ2n) is 8.55. The SMILES string of the molecule is CN=C(NCCS(=O)C(C)(C)C)NCc1ccc(OC(C)(C)C)cc1C(F)(F)F. The van der Waals surface area contributed by atoms with Gasteiger partial charge in [-0.1, -0.05) is 6.07 Å². The molecule has 0 aromatic heterocycles. The van der Waals surface area contributed by atoms with E-state index < -0.39 is 28.1 Å². The molecule has 166 valence electrons. The third kappa shape index (κ3) is 9.06. The van der Waals surface area contributed by atoms with Crippen LogP contribution in [-0.2, 0) is 23.5 Å². The van der Waals surface area contributed by atoms with Gasteiger partial charge in [-0.15, -0.1) is 0 Å². The molecule has 0 fully saturated rings. The van der Waals surface area contributed by atoms with Crippen molar-refractivity contribution in [2.75, 3.05) is 19.3 Å². The first-order chi connectivity index (χ1) is 13.1. The lowest BCUT2D eigenvalue weighted by atomic mass is 10.1. The predicted molar refractivity (Wildman–Crippen MR) is 113 cm³/mol. The number of hydrogen-bond donors (Lipinski definition) is 2. The van der Waals surface area contributed by atoms with E-state index in [2.05, 4.69) is 15.6 Å². The Morgan fingerprint density at radius 3 is 2.21 bits per heavy atom. The monoisotopic (exact) mass is 435 g/mol. The van der Waals surface area contributed by atoms with E-state index in [9.17, 15) is 17.4 Å². The maximum Gasteiger partial charge on any atom is 0.416 e. The largest absolute Gasteiger partial charge is 0.488 e. The average molecular weight is 436 g/mol. The van der Waals surface area contributed by atoms with Gasteiger partial charge in [0, 0.05) is 41.4 Å².